The average Bonchev–Trinajstić information content (AvgIpc) is 2.96. The molecule has 2 aromatic rings. The molecule has 1 aliphatic rings. The fraction of sp³-hybridized carbons (Fsp3) is 0.250. The summed E-state index contributed by atoms with van der Waals surface area (Å²) in [5.74, 6) is 1.13. The van der Waals surface area contributed by atoms with Gasteiger partial charge in [0.15, 0.2) is 0 Å². The Hall–Kier alpha value is -1.82. The lowest BCUT2D eigenvalue weighted by Gasteiger charge is -2.10. The van der Waals surface area contributed by atoms with Crippen molar-refractivity contribution in [1.82, 2.24) is 14.8 Å². The van der Waals surface area contributed by atoms with Crippen LogP contribution in [-0.2, 0) is 11.8 Å². The molecule has 0 unspecified atom stereocenters. The van der Waals surface area contributed by atoms with Crippen LogP contribution in [0.4, 0.5) is 5.95 Å². The van der Waals surface area contributed by atoms with Crippen LogP contribution < -0.4 is 5.32 Å². The lowest BCUT2D eigenvalue weighted by atomic mass is 10.0. The Morgan fingerprint density at radius 2 is 2.33 bits per heavy atom. The van der Waals surface area contributed by atoms with Crippen molar-refractivity contribution in [1.29, 1.82) is 0 Å². The van der Waals surface area contributed by atoms with Gasteiger partial charge in [-0.25, -0.2) is 0 Å². The minimum Gasteiger partial charge on any atom is -0.303 e. The number of nitrogens with one attached hydrogen (secondary N) is 1. The van der Waals surface area contributed by atoms with Crippen molar-refractivity contribution in [3.8, 4) is 0 Å². The highest BCUT2D eigenvalue weighted by atomic mass is 32.2. The Kier molecular flexibility index (Phi) is 2.79. The average molecular weight is 260 g/mol. The van der Waals surface area contributed by atoms with E-state index in [2.05, 4.69) is 21.6 Å². The number of carbonyl (C=O) groups excluding carboxylic acids is 1. The van der Waals surface area contributed by atoms with Gasteiger partial charge in [0.2, 0.25) is 11.9 Å². The van der Waals surface area contributed by atoms with Gasteiger partial charge in [-0.1, -0.05) is 18.2 Å². The maximum atomic E-state index is 12.2. The molecule has 1 aliphatic heterocycles. The molecule has 0 saturated heterocycles. The summed E-state index contributed by atoms with van der Waals surface area (Å²) in [7, 11) is 1.80. The van der Waals surface area contributed by atoms with E-state index in [9.17, 15) is 4.79 Å². The number of carbonyl (C=O) groups is 1. The summed E-state index contributed by atoms with van der Waals surface area (Å²) < 4.78 is 1.69. The Balaban J connectivity index is 1.81. The van der Waals surface area contributed by atoms with Crippen LogP contribution in [0.2, 0.25) is 0 Å². The predicted molar refractivity (Wildman–Crippen MR) is 69.5 cm³/mol. The molecule has 18 heavy (non-hydrogen) atoms. The molecule has 1 atom stereocenters. The number of aromatic nitrogens is 3. The van der Waals surface area contributed by atoms with E-state index in [1.54, 1.807) is 29.7 Å². The summed E-state index contributed by atoms with van der Waals surface area (Å²) >= 11 is 1.72. The monoisotopic (exact) mass is 260 g/mol. The first-order valence-electron chi connectivity index (χ1n) is 5.62. The van der Waals surface area contributed by atoms with Crippen LogP contribution in [0.5, 0.6) is 0 Å². The number of rotatable bonds is 2. The third-order valence-electron chi connectivity index (χ3n) is 2.96. The topological polar surface area (TPSA) is 59.8 Å². The number of hydrogen-bond donors (Lipinski definition) is 1. The number of benzene rings is 1. The molecule has 2 heterocycles. The second-order valence-corrected chi connectivity index (χ2v) is 5.22. The Bertz CT molecular complexity index is 595. The summed E-state index contributed by atoms with van der Waals surface area (Å²) in [5, 5.41) is 10.4. The van der Waals surface area contributed by atoms with Gasteiger partial charge in [0, 0.05) is 17.7 Å². The largest absolute Gasteiger partial charge is 0.303 e. The molecular formula is C12H12N4OS. The van der Waals surface area contributed by atoms with E-state index < -0.39 is 0 Å². The number of fused-ring (bicyclic) bond motifs is 1. The fourth-order valence-corrected chi connectivity index (χ4v) is 3.20. The van der Waals surface area contributed by atoms with Gasteiger partial charge in [-0.2, -0.15) is 0 Å². The maximum Gasteiger partial charge on any atom is 0.235 e. The Labute approximate surface area is 109 Å². The van der Waals surface area contributed by atoms with Gasteiger partial charge < -0.3 is 4.57 Å². The third kappa shape index (κ3) is 1.88. The number of nitrogens with zero attached hydrogens (tertiary/aromatic N) is 3. The van der Waals surface area contributed by atoms with Gasteiger partial charge in [-0.05, 0) is 11.6 Å². The standard InChI is InChI=1S/C12H12N4OS/c1-16-7-13-15-12(16)14-11(17)9-6-18-10-5-3-2-4-8(9)10/h2-5,7,9H,6H2,1H3,(H,14,15,17)/t9-/m0/s1. The molecule has 3 rings (SSSR count). The molecule has 1 amide bonds. The smallest absolute Gasteiger partial charge is 0.235 e. The van der Waals surface area contributed by atoms with E-state index >= 15 is 0 Å². The summed E-state index contributed by atoms with van der Waals surface area (Å²) in [6.07, 6.45) is 1.56. The lowest BCUT2D eigenvalue weighted by Crippen LogP contribution is -2.22. The van der Waals surface area contributed by atoms with Crippen molar-refractivity contribution in [2.24, 2.45) is 7.05 Å². The third-order valence-corrected chi connectivity index (χ3v) is 4.15. The van der Waals surface area contributed by atoms with Crippen LogP contribution in [0, 0.1) is 0 Å². The molecule has 0 fully saturated rings. The van der Waals surface area contributed by atoms with Crippen LogP contribution in [0.15, 0.2) is 35.5 Å². The Morgan fingerprint density at radius 1 is 1.50 bits per heavy atom. The number of amides is 1. The molecule has 6 heteroatoms. The molecule has 5 nitrogen and oxygen atoms in total. The number of hydrogen-bond acceptors (Lipinski definition) is 4. The molecule has 0 saturated carbocycles. The summed E-state index contributed by atoms with van der Waals surface area (Å²) in [5.41, 5.74) is 1.10. The Morgan fingerprint density at radius 3 is 3.11 bits per heavy atom. The fourth-order valence-electron chi connectivity index (χ4n) is 1.97. The summed E-state index contributed by atoms with van der Waals surface area (Å²) in [6.45, 7) is 0. The highest BCUT2D eigenvalue weighted by Gasteiger charge is 2.29. The molecule has 1 N–H and O–H groups in total. The van der Waals surface area contributed by atoms with Crippen LogP contribution in [-0.4, -0.2) is 26.4 Å². The van der Waals surface area contributed by atoms with Crippen LogP contribution in [0.1, 0.15) is 11.5 Å². The molecular weight excluding hydrogens is 248 g/mol. The van der Waals surface area contributed by atoms with E-state index in [1.807, 2.05) is 18.2 Å². The van der Waals surface area contributed by atoms with Gasteiger partial charge in [0.05, 0.1) is 5.92 Å². The molecule has 1 aromatic heterocycles. The lowest BCUT2D eigenvalue weighted by molar-refractivity contribution is -0.117. The second-order valence-electron chi connectivity index (χ2n) is 4.16. The van der Waals surface area contributed by atoms with Crippen LogP contribution in [0.3, 0.4) is 0 Å². The first kappa shape index (κ1) is 11.3. The van der Waals surface area contributed by atoms with Gasteiger partial charge in [0.25, 0.3) is 0 Å². The second kappa shape index (κ2) is 4.45. The van der Waals surface area contributed by atoms with Crippen molar-refractivity contribution < 1.29 is 4.79 Å². The van der Waals surface area contributed by atoms with Gasteiger partial charge in [-0.3, -0.25) is 10.1 Å². The van der Waals surface area contributed by atoms with Crippen molar-refractivity contribution in [3.63, 3.8) is 0 Å². The van der Waals surface area contributed by atoms with Gasteiger partial charge in [-0.15, -0.1) is 22.0 Å². The zero-order valence-corrected chi connectivity index (χ0v) is 10.6. The normalized spacial score (nSPS) is 17.5. The van der Waals surface area contributed by atoms with Crippen molar-refractivity contribution >= 4 is 23.6 Å². The number of thioether (sulfide) groups is 1. The minimum absolute atomic E-state index is 0.0245. The van der Waals surface area contributed by atoms with E-state index in [-0.39, 0.29) is 11.8 Å². The minimum atomic E-state index is -0.108. The molecule has 0 bridgehead atoms. The molecule has 1 aromatic carbocycles. The van der Waals surface area contributed by atoms with Crippen molar-refractivity contribution in [2.75, 3.05) is 11.1 Å². The molecule has 92 valence electrons. The number of anilines is 1. The molecule has 0 spiro atoms. The van der Waals surface area contributed by atoms with E-state index in [0.29, 0.717) is 5.95 Å². The molecule has 0 aliphatic carbocycles. The van der Waals surface area contributed by atoms with Crippen LogP contribution in [0.25, 0.3) is 0 Å². The van der Waals surface area contributed by atoms with E-state index in [1.165, 1.54) is 4.90 Å². The van der Waals surface area contributed by atoms with E-state index in [0.717, 1.165) is 11.3 Å². The van der Waals surface area contributed by atoms with Crippen LogP contribution >= 0.6 is 11.8 Å². The SMILES string of the molecule is Cn1cnnc1NC(=O)[C@H]1CSc2ccccc21. The van der Waals surface area contributed by atoms with E-state index in [4.69, 9.17) is 0 Å². The predicted octanol–water partition coefficient (Wildman–Crippen LogP) is 1.64. The maximum absolute atomic E-state index is 12.2. The zero-order chi connectivity index (χ0) is 12.5. The number of aryl methyl sites for hydroxylation is 1. The summed E-state index contributed by atoms with van der Waals surface area (Å²) in [4.78, 5) is 13.4. The zero-order valence-electron chi connectivity index (χ0n) is 9.83. The highest BCUT2D eigenvalue weighted by Crippen LogP contribution is 2.39. The first-order valence-corrected chi connectivity index (χ1v) is 6.61. The summed E-state index contributed by atoms with van der Waals surface area (Å²) in [6, 6.07) is 8.02. The van der Waals surface area contributed by atoms with Crippen molar-refractivity contribution in [3.05, 3.63) is 36.2 Å². The van der Waals surface area contributed by atoms with Gasteiger partial charge >= 0.3 is 0 Å². The van der Waals surface area contributed by atoms with Crippen molar-refractivity contribution in [2.45, 2.75) is 10.8 Å². The highest BCUT2D eigenvalue weighted by molar-refractivity contribution is 7.99. The quantitative estimate of drug-likeness (QED) is 0.891. The first-order chi connectivity index (χ1) is 8.75. The van der Waals surface area contributed by atoms with Gasteiger partial charge in [0.1, 0.15) is 6.33 Å². The molecule has 0 radical (unpaired) electrons.